The smallest absolute Gasteiger partial charge is 0.249 e. The molecule has 130 valence electrons. The molecule has 1 saturated heterocycles. The molecule has 24 heavy (non-hydrogen) atoms. The van der Waals surface area contributed by atoms with E-state index in [-0.39, 0.29) is 30.3 Å². The van der Waals surface area contributed by atoms with Gasteiger partial charge in [-0.05, 0) is 24.8 Å². The minimum Gasteiger partial charge on any atom is -0.381 e. The second-order valence-electron chi connectivity index (χ2n) is 6.34. The van der Waals surface area contributed by atoms with E-state index in [1.54, 1.807) is 23.1 Å². The van der Waals surface area contributed by atoms with Crippen LogP contribution in [0.25, 0.3) is 0 Å². The lowest BCUT2D eigenvalue weighted by Gasteiger charge is -2.28. The van der Waals surface area contributed by atoms with Crippen molar-refractivity contribution >= 4 is 5.91 Å². The van der Waals surface area contributed by atoms with Crippen molar-refractivity contribution in [3.05, 3.63) is 30.2 Å². The van der Waals surface area contributed by atoms with Gasteiger partial charge in [-0.1, -0.05) is 19.0 Å². The second kappa shape index (κ2) is 7.57. The normalized spacial score (nSPS) is 17.1. The van der Waals surface area contributed by atoms with Gasteiger partial charge in [-0.15, -0.1) is 0 Å². The third-order valence-electron chi connectivity index (χ3n) is 4.16. The third-order valence-corrected chi connectivity index (χ3v) is 4.16. The van der Waals surface area contributed by atoms with E-state index in [1.165, 1.54) is 0 Å². The summed E-state index contributed by atoms with van der Waals surface area (Å²) < 4.78 is 12.5. The van der Waals surface area contributed by atoms with Crippen LogP contribution < -0.4 is 5.32 Å². The molecule has 2 aromatic rings. The van der Waals surface area contributed by atoms with Gasteiger partial charge >= 0.3 is 0 Å². The number of carbonyl (C=O) groups excluding carboxylic acids is 1. The van der Waals surface area contributed by atoms with Crippen LogP contribution in [0.3, 0.4) is 0 Å². The second-order valence-corrected chi connectivity index (χ2v) is 6.34. The average molecular weight is 333 g/mol. The van der Waals surface area contributed by atoms with Crippen LogP contribution in [0.15, 0.2) is 23.0 Å². The summed E-state index contributed by atoms with van der Waals surface area (Å²) in [6.45, 7) is 5.55. The van der Waals surface area contributed by atoms with Gasteiger partial charge < -0.3 is 14.6 Å². The Labute approximate surface area is 140 Å². The van der Waals surface area contributed by atoms with Crippen LogP contribution in [-0.2, 0) is 16.1 Å². The topological polar surface area (TPSA) is 95.1 Å². The molecule has 1 fully saturated rings. The van der Waals surface area contributed by atoms with Crippen LogP contribution in [0.4, 0.5) is 0 Å². The van der Waals surface area contributed by atoms with Gasteiger partial charge in [-0.2, -0.15) is 10.1 Å². The molecule has 1 aliphatic heterocycles. The lowest BCUT2D eigenvalue weighted by Crippen LogP contribution is -2.38. The largest absolute Gasteiger partial charge is 0.381 e. The van der Waals surface area contributed by atoms with Gasteiger partial charge in [0.05, 0.1) is 0 Å². The average Bonchev–Trinajstić information content (AvgIpc) is 3.25. The van der Waals surface area contributed by atoms with Crippen molar-refractivity contribution in [1.82, 2.24) is 25.2 Å². The monoisotopic (exact) mass is 333 g/mol. The number of rotatable bonds is 6. The van der Waals surface area contributed by atoms with E-state index in [9.17, 15) is 4.79 Å². The predicted molar refractivity (Wildman–Crippen MR) is 85.0 cm³/mol. The van der Waals surface area contributed by atoms with Gasteiger partial charge in [0.1, 0.15) is 12.6 Å². The summed E-state index contributed by atoms with van der Waals surface area (Å²) >= 11 is 0. The first-order valence-corrected chi connectivity index (χ1v) is 8.31. The molecule has 1 N–H and O–H groups in total. The number of nitrogens with one attached hydrogen (secondary N) is 1. The maximum absolute atomic E-state index is 12.4. The SMILES string of the molecule is CC(C)c1noc([C@@H](NC(=O)Cn2cccn2)C2CCOCC2)n1. The molecule has 8 nitrogen and oxygen atoms in total. The van der Waals surface area contributed by atoms with Crippen molar-refractivity contribution in [3.63, 3.8) is 0 Å². The zero-order valence-electron chi connectivity index (χ0n) is 14.0. The Balaban J connectivity index is 1.74. The summed E-state index contributed by atoms with van der Waals surface area (Å²) in [4.78, 5) is 16.9. The number of hydrogen-bond donors (Lipinski definition) is 1. The van der Waals surface area contributed by atoms with Gasteiger partial charge in [0.15, 0.2) is 5.82 Å². The molecule has 1 aliphatic rings. The van der Waals surface area contributed by atoms with E-state index in [4.69, 9.17) is 9.26 Å². The van der Waals surface area contributed by atoms with Crippen molar-refractivity contribution < 1.29 is 14.1 Å². The highest BCUT2D eigenvalue weighted by Gasteiger charge is 2.31. The highest BCUT2D eigenvalue weighted by molar-refractivity contribution is 5.76. The van der Waals surface area contributed by atoms with E-state index in [1.807, 2.05) is 13.8 Å². The van der Waals surface area contributed by atoms with Crippen LogP contribution in [0, 0.1) is 5.92 Å². The molecule has 0 spiro atoms. The van der Waals surface area contributed by atoms with E-state index in [2.05, 4.69) is 20.6 Å². The lowest BCUT2D eigenvalue weighted by molar-refractivity contribution is -0.123. The molecule has 0 aliphatic carbocycles. The number of nitrogens with zero attached hydrogens (tertiary/aromatic N) is 4. The first-order chi connectivity index (χ1) is 11.6. The number of carbonyl (C=O) groups is 1. The van der Waals surface area contributed by atoms with Crippen molar-refractivity contribution in [2.75, 3.05) is 13.2 Å². The Morgan fingerprint density at radius 3 is 2.83 bits per heavy atom. The molecular weight excluding hydrogens is 310 g/mol. The van der Waals surface area contributed by atoms with Crippen LogP contribution >= 0.6 is 0 Å². The Kier molecular flexibility index (Phi) is 5.24. The number of aromatic nitrogens is 4. The molecule has 0 bridgehead atoms. The number of hydrogen-bond acceptors (Lipinski definition) is 6. The van der Waals surface area contributed by atoms with Crippen molar-refractivity contribution in [2.45, 2.75) is 45.2 Å². The Morgan fingerprint density at radius 1 is 1.42 bits per heavy atom. The molecule has 0 radical (unpaired) electrons. The zero-order valence-corrected chi connectivity index (χ0v) is 14.0. The Hall–Kier alpha value is -2.22. The van der Waals surface area contributed by atoms with Crippen LogP contribution in [0.1, 0.15) is 50.4 Å². The highest BCUT2D eigenvalue weighted by atomic mass is 16.5. The van der Waals surface area contributed by atoms with Crippen LogP contribution in [0.5, 0.6) is 0 Å². The summed E-state index contributed by atoms with van der Waals surface area (Å²) in [6.07, 6.45) is 5.11. The molecule has 8 heteroatoms. The van der Waals surface area contributed by atoms with Gasteiger partial charge in [0.25, 0.3) is 0 Å². The van der Waals surface area contributed by atoms with Gasteiger partial charge in [-0.3, -0.25) is 9.48 Å². The number of amides is 1. The number of ether oxygens (including phenoxy) is 1. The fourth-order valence-corrected chi connectivity index (χ4v) is 2.80. The first kappa shape index (κ1) is 16.6. The summed E-state index contributed by atoms with van der Waals surface area (Å²) in [5.74, 6) is 1.40. The quantitative estimate of drug-likeness (QED) is 0.864. The molecule has 3 heterocycles. The van der Waals surface area contributed by atoms with Crippen LogP contribution in [-0.4, -0.2) is 39.0 Å². The standard InChI is InChI=1S/C16H23N5O3/c1-11(2)15-19-16(24-20-15)14(12-4-8-23-9-5-12)18-13(22)10-21-7-3-6-17-21/h3,6-7,11-12,14H,4-5,8-10H2,1-2H3,(H,18,22)/t14-/m0/s1. The minimum absolute atomic E-state index is 0.125. The molecule has 1 atom stereocenters. The van der Waals surface area contributed by atoms with Gasteiger partial charge in [-0.25, -0.2) is 0 Å². The molecule has 0 aromatic carbocycles. The Bertz CT molecular complexity index is 646. The third kappa shape index (κ3) is 4.00. The van der Waals surface area contributed by atoms with E-state index in [0.29, 0.717) is 24.9 Å². The lowest BCUT2D eigenvalue weighted by atomic mass is 9.91. The molecule has 0 unspecified atom stereocenters. The van der Waals surface area contributed by atoms with Crippen LogP contribution in [0.2, 0.25) is 0 Å². The van der Waals surface area contributed by atoms with E-state index >= 15 is 0 Å². The molecular formula is C16H23N5O3. The Morgan fingerprint density at radius 2 is 2.21 bits per heavy atom. The zero-order chi connectivity index (χ0) is 16.9. The molecule has 3 rings (SSSR count). The fourth-order valence-electron chi connectivity index (χ4n) is 2.80. The van der Waals surface area contributed by atoms with E-state index < -0.39 is 0 Å². The van der Waals surface area contributed by atoms with E-state index in [0.717, 1.165) is 12.8 Å². The van der Waals surface area contributed by atoms with Gasteiger partial charge in [0.2, 0.25) is 11.8 Å². The molecule has 2 aromatic heterocycles. The summed E-state index contributed by atoms with van der Waals surface area (Å²) in [5, 5.41) is 11.1. The predicted octanol–water partition coefficient (Wildman–Crippen LogP) is 1.67. The van der Waals surface area contributed by atoms with Crippen molar-refractivity contribution in [3.8, 4) is 0 Å². The molecule has 0 saturated carbocycles. The highest BCUT2D eigenvalue weighted by Crippen LogP contribution is 2.30. The van der Waals surface area contributed by atoms with Crippen molar-refractivity contribution in [1.29, 1.82) is 0 Å². The minimum atomic E-state index is -0.294. The summed E-state index contributed by atoms with van der Waals surface area (Å²) in [7, 11) is 0. The maximum Gasteiger partial charge on any atom is 0.249 e. The summed E-state index contributed by atoms with van der Waals surface area (Å²) in [5.41, 5.74) is 0. The maximum atomic E-state index is 12.4. The first-order valence-electron chi connectivity index (χ1n) is 8.31. The fraction of sp³-hybridized carbons (Fsp3) is 0.625. The van der Waals surface area contributed by atoms with Gasteiger partial charge in [0, 0.05) is 31.5 Å². The molecule has 1 amide bonds. The van der Waals surface area contributed by atoms with Crippen molar-refractivity contribution in [2.24, 2.45) is 5.92 Å². The summed E-state index contributed by atoms with van der Waals surface area (Å²) in [6, 6.07) is 1.49.